The van der Waals surface area contributed by atoms with Crippen LogP contribution in [0.3, 0.4) is 0 Å². The number of amides is 1. The van der Waals surface area contributed by atoms with Crippen molar-refractivity contribution in [3.63, 3.8) is 0 Å². The lowest BCUT2D eigenvalue weighted by atomic mass is 10.2. The molecule has 0 saturated carbocycles. The quantitative estimate of drug-likeness (QED) is 0.820. The van der Waals surface area contributed by atoms with Crippen molar-refractivity contribution in [2.24, 2.45) is 0 Å². The molecule has 0 radical (unpaired) electrons. The number of halogens is 1. The molecule has 1 saturated heterocycles. The lowest BCUT2D eigenvalue weighted by Crippen LogP contribution is -2.18. The van der Waals surface area contributed by atoms with Gasteiger partial charge in [-0.3, -0.25) is 10.2 Å². The van der Waals surface area contributed by atoms with E-state index in [9.17, 15) is 4.79 Å². The summed E-state index contributed by atoms with van der Waals surface area (Å²) in [6.45, 7) is 4.02. The van der Waals surface area contributed by atoms with Crippen molar-refractivity contribution in [1.82, 2.24) is 9.88 Å². The molecule has 1 amide bonds. The molecular formula is C16H14ClN3OS. The van der Waals surface area contributed by atoms with E-state index in [-0.39, 0.29) is 11.1 Å². The van der Waals surface area contributed by atoms with Crippen molar-refractivity contribution in [2.75, 3.05) is 0 Å². The van der Waals surface area contributed by atoms with Crippen LogP contribution >= 0.6 is 23.4 Å². The number of nitrogens with zero attached hydrogens (tertiary/aromatic N) is 1. The van der Waals surface area contributed by atoms with Gasteiger partial charge in [-0.1, -0.05) is 17.7 Å². The normalized spacial score (nSPS) is 16.4. The lowest BCUT2D eigenvalue weighted by Gasteiger charge is -2.09. The number of benzene rings is 1. The Balaban J connectivity index is 2.06. The molecule has 1 aromatic carbocycles. The van der Waals surface area contributed by atoms with Crippen LogP contribution in [0.5, 0.6) is 0 Å². The van der Waals surface area contributed by atoms with Crippen LogP contribution < -0.4 is 5.32 Å². The van der Waals surface area contributed by atoms with Crippen LogP contribution in [0.4, 0.5) is 0 Å². The maximum absolute atomic E-state index is 11.7. The van der Waals surface area contributed by atoms with Crippen LogP contribution in [0, 0.1) is 19.3 Å². The SMILES string of the molecule is Cc1cc(C=C2SC(=N)NC2=O)c(C)n1-c1cccc(Cl)c1. The van der Waals surface area contributed by atoms with Crippen molar-refractivity contribution < 1.29 is 4.79 Å². The molecule has 2 heterocycles. The molecule has 112 valence electrons. The van der Waals surface area contributed by atoms with Gasteiger partial charge in [0.05, 0.1) is 4.91 Å². The van der Waals surface area contributed by atoms with E-state index in [1.165, 1.54) is 0 Å². The number of hydrogen-bond donors (Lipinski definition) is 2. The van der Waals surface area contributed by atoms with Gasteiger partial charge in [0.1, 0.15) is 0 Å². The van der Waals surface area contributed by atoms with Gasteiger partial charge in [-0.05, 0) is 61.5 Å². The zero-order chi connectivity index (χ0) is 15.9. The predicted molar refractivity (Wildman–Crippen MR) is 91.7 cm³/mol. The average Bonchev–Trinajstić information content (AvgIpc) is 2.90. The number of aryl methyl sites for hydroxylation is 1. The minimum atomic E-state index is -0.220. The highest BCUT2D eigenvalue weighted by Gasteiger charge is 2.23. The van der Waals surface area contributed by atoms with Crippen molar-refractivity contribution in [2.45, 2.75) is 13.8 Å². The van der Waals surface area contributed by atoms with Gasteiger partial charge < -0.3 is 9.88 Å². The van der Waals surface area contributed by atoms with Gasteiger partial charge >= 0.3 is 0 Å². The molecule has 1 aliphatic rings. The third-order valence-electron chi connectivity index (χ3n) is 3.49. The molecule has 0 bridgehead atoms. The topological polar surface area (TPSA) is 57.9 Å². The maximum Gasteiger partial charge on any atom is 0.264 e. The van der Waals surface area contributed by atoms with E-state index in [2.05, 4.69) is 9.88 Å². The van der Waals surface area contributed by atoms with Crippen molar-refractivity contribution in [3.05, 3.63) is 57.2 Å². The van der Waals surface area contributed by atoms with Crippen molar-refractivity contribution in [3.8, 4) is 5.69 Å². The number of carbonyl (C=O) groups excluding carboxylic acids is 1. The average molecular weight is 332 g/mol. The molecule has 0 spiro atoms. The fraction of sp³-hybridized carbons (Fsp3) is 0.125. The molecule has 0 atom stereocenters. The van der Waals surface area contributed by atoms with Crippen LogP contribution in [0.1, 0.15) is 17.0 Å². The first-order chi connectivity index (χ1) is 10.5. The summed E-state index contributed by atoms with van der Waals surface area (Å²) in [5, 5.41) is 10.8. The zero-order valence-corrected chi connectivity index (χ0v) is 13.7. The number of carbonyl (C=O) groups is 1. The summed E-state index contributed by atoms with van der Waals surface area (Å²) in [4.78, 5) is 12.3. The van der Waals surface area contributed by atoms with Crippen LogP contribution in [-0.2, 0) is 4.79 Å². The van der Waals surface area contributed by atoms with Gasteiger partial charge in [-0.15, -0.1) is 0 Å². The zero-order valence-electron chi connectivity index (χ0n) is 12.1. The number of nitrogens with one attached hydrogen (secondary N) is 2. The van der Waals surface area contributed by atoms with E-state index in [1.807, 2.05) is 50.3 Å². The number of amidine groups is 1. The largest absolute Gasteiger partial charge is 0.318 e. The number of hydrogen-bond acceptors (Lipinski definition) is 3. The van der Waals surface area contributed by atoms with E-state index in [0.717, 1.165) is 34.4 Å². The second kappa shape index (κ2) is 5.66. The summed E-state index contributed by atoms with van der Waals surface area (Å²) in [7, 11) is 0. The lowest BCUT2D eigenvalue weighted by molar-refractivity contribution is -0.115. The third-order valence-corrected chi connectivity index (χ3v) is 4.55. The van der Waals surface area contributed by atoms with E-state index in [0.29, 0.717) is 9.93 Å². The third kappa shape index (κ3) is 2.69. The molecule has 4 nitrogen and oxygen atoms in total. The van der Waals surface area contributed by atoms with Gasteiger partial charge in [0.2, 0.25) is 0 Å². The first-order valence-electron chi connectivity index (χ1n) is 6.70. The second-order valence-corrected chi connectivity index (χ2v) is 6.52. The number of rotatable bonds is 2. The highest BCUT2D eigenvalue weighted by atomic mass is 35.5. The van der Waals surface area contributed by atoms with E-state index in [1.54, 1.807) is 0 Å². The molecule has 22 heavy (non-hydrogen) atoms. The Hall–Kier alpha value is -1.98. The number of thioether (sulfide) groups is 1. The maximum atomic E-state index is 11.7. The van der Waals surface area contributed by atoms with Gasteiger partial charge in [0.25, 0.3) is 5.91 Å². The Morgan fingerprint density at radius 2 is 2.09 bits per heavy atom. The van der Waals surface area contributed by atoms with Gasteiger partial charge in [0, 0.05) is 22.1 Å². The monoisotopic (exact) mass is 331 g/mol. The molecule has 1 fully saturated rings. The highest BCUT2D eigenvalue weighted by Crippen LogP contribution is 2.29. The Kier molecular flexibility index (Phi) is 3.85. The highest BCUT2D eigenvalue weighted by molar-refractivity contribution is 8.18. The molecule has 3 rings (SSSR count). The molecule has 0 unspecified atom stereocenters. The molecule has 6 heteroatoms. The Labute approximate surface area is 137 Å². The predicted octanol–water partition coefficient (Wildman–Crippen LogP) is 3.89. The summed E-state index contributed by atoms with van der Waals surface area (Å²) in [5.41, 5.74) is 4.04. The Morgan fingerprint density at radius 1 is 1.32 bits per heavy atom. The summed E-state index contributed by atoms with van der Waals surface area (Å²) >= 11 is 7.22. The smallest absolute Gasteiger partial charge is 0.264 e. The van der Waals surface area contributed by atoms with Crippen LogP contribution in [0.15, 0.2) is 35.2 Å². The molecule has 0 aliphatic carbocycles. The Bertz CT molecular complexity index is 823. The summed E-state index contributed by atoms with van der Waals surface area (Å²) < 4.78 is 2.10. The minimum absolute atomic E-state index is 0.167. The minimum Gasteiger partial charge on any atom is -0.318 e. The standard InChI is InChI=1S/C16H14ClN3OS/c1-9-6-11(7-14-15(21)19-16(18)22-14)10(2)20(9)13-5-3-4-12(17)8-13/h3-8H,1-2H3,(H2,18,19,21). The fourth-order valence-corrected chi connectivity index (χ4v) is 3.41. The number of aromatic nitrogens is 1. The molecule has 2 N–H and O–H groups in total. The summed E-state index contributed by atoms with van der Waals surface area (Å²) in [6, 6.07) is 9.68. The first kappa shape index (κ1) is 14.9. The van der Waals surface area contributed by atoms with Crippen molar-refractivity contribution in [1.29, 1.82) is 5.41 Å². The van der Waals surface area contributed by atoms with Gasteiger partial charge in [-0.2, -0.15) is 0 Å². The van der Waals surface area contributed by atoms with Crippen LogP contribution in [-0.4, -0.2) is 15.6 Å². The second-order valence-electron chi connectivity index (χ2n) is 5.04. The van der Waals surface area contributed by atoms with Crippen LogP contribution in [0.2, 0.25) is 5.02 Å². The molecule has 1 aromatic heterocycles. The fourth-order valence-electron chi connectivity index (χ4n) is 2.53. The molecule has 1 aliphatic heterocycles. The van der Waals surface area contributed by atoms with Gasteiger partial charge in [-0.25, -0.2) is 0 Å². The van der Waals surface area contributed by atoms with E-state index < -0.39 is 0 Å². The Morgan fingerprint density at radius 3 is 2.73 bits per heavy atom. The molecule has 2 aromatic rings. The summed E-state index contributed by atoms with van der Waals surface area (Å²) in [6.07, 6.45) is 1.82. The first-order valence-corrected chi connectivity index (χ1v) is 7.89. The summed E-state index contributed by atoms with van der Waals surface area (Å²) in [5.74, 6) is -0.220. The molecular weight excluding hydrogens is 318 g/mol. The van der Waals surface area contributed by atoms with E-state index in [4.69, 9.17) is 17.0 Å². The van der Waals surface area contributed by atoms with Crippen LogP contribution in [0.25, 0.3) is 11.8 Å². The van der Waals surface area contributed by atoms with Gasteiger partial charge in [0.15, 0.2) is 5.17 Å². The van der Waals surface area contributed by atoms with Crippen molar-refractivity contribution >= 4 is 40.5 Å². The van der Waals surface area contributed by atoms with E-state index >= 15 is 0 Å².